The van der Waals surface area contributed by atoms with Crippen LogP contribution in [-0.4, -0.2) is 17.0 Å². The molecule has 0 fully saturated rings. The zero-order valence-corrected chi connectivity index (χ0v) is 11.6. The molecule has 2 N–H and O–H groups in total. The monoisotopic (exact) mass is 289 g/mol. The first-order chi connectivity index (χ1) is 10.0. The minimum Gasteiger partial charge on any atom is -0.490 e. The standard InChI is InChI=1S/C14H15N3O4/c1-9(15)10-3-6-14(16-8-10)21-11-4-5-13(20-2)12(7-11)17(18)19/h3-9H,15H2,1-2H3/t9-/m1/s1. The number of benzene rings is 1. The summed E-state index contributed by atoms with van der Waals surface area (Å²) < 4.78 is 10.4. The fourth-order valence-corrected chi connectivity index (χ4v) is 1.72. The fourth-order valence-electron chi connectivity index (χ4n) is 1.72. The van der Waals surface area contributed by atoms with Crippen LogP contribution in [0.25, 0.3) is 0 Å². The van der Waals surface area contributed by atoms with E-state index in [-0.39, 0.29) is 17.5 Å². The van der Waals surface area contributed by atoms with Crippen LogP contribution in [-0.2, 0) is 0 Å². The van der Waals surface area contributed by atoms with Gasteiger partial charge in [-0.3, -0.25) is 10.1 Å². The van der Waals surface area contributed by atoms with Crippen LogP contribution < -0.4 is 15.2 Å². The molecule has 1 atom stereocenters. The second-order valence-corrected chi connectivity index (χ2v) is 4.41. The number of nitro groups is 1. The Morgan fingerprint density at radius 1 is 1.33 bits per heavy atom. The smallest absolute Gasteiger partial charge is 0.314 e. The molecule has 2 rings (SSSR count). The predicted molar refractivity (Wildman–Crippen MR) is 76.6 cm³/mol. The Hall–Kier alpha value is -2.67. The maximum Gasteiger partial charge on any atom is 0.314 e. The van der Waals surface area contributed by atoms with E-state index >= 15 is 0 Å². The van der Waals surface area contributed by atoms with E-state index in [1.54, 1.807) is 24.4 Å². The minimum absolute atomic E-state index is 0.117. The number of nitrogens with zero attached hydrogens (tertiary/aromatic N) is 2. The summed E-state index contributed by atoms with van der Waals surface area (Å²) in [6, 6.07) is 7.69. The first kappa shape index (κ1) is 14.7. The highest BCUT2D eigenvalue weighted by Crippen LogP contribution is 2.32. The number of nitro benzene ring substituents is 1. The summed E-state index contributed by atoms with van der Waals surface area (Å²) in [6.45, 7) is 1.85. The first-order valence-corrected chi connectivity index (χ1v) is 6.23. The maximum absolute atomic E-state index is 10.9. The summed E-state index contributed by atoms with van der Waals surface area (Å²) in [7, 11) is 1.37. The highest BCUT2D eigenvalue weighted by Gasteiger charge is 2.16. The van der Waals surface area contributed by atoms with E-state index in [2.05, 4.69) is 4.98 Å². The van der Waals surface area contributed by atoms with Gasteiger partial charge in [0.05, 0.1) is 18.1 Å². The zero-order valence-electron chi connectivity index (χ0n) is 11.6. The van der Waals surface area contributed by atoms with Gasteiger partial charge < -0.3 is 15.2 Å². The molecule has 7 nitrogen and oxygen atoms in total. The van der Waals surface area contributed by atoms with Crippen molar-refractivity contribution in [3.63, 3.8) is 0 Å². The molecule has 21 heavy (non-hydrogen) atoms. The van der Waals surface area contributed by atoms with E-state index in [0.29, 0.717) is 11.6 Å². The Morgan fingerprint density at radius 3 is 2.62 bits per heavy atom. The molecule has 0 aliphatic carbocycles. The Morgan fingerprint density at radius 2 is 2.10 bits per heavy atom. The largest absolute Gasteiger partial charge is 0.490 e. The summed E-state index contributed by atoms with van der Waals surface area (Å²) in [5.41, 5.74) is 6.44. The van der Waals surface area contributed by atoms with Crippen molar-refractivity contribution in [2.45, 2.75) is 13.0 Å². The third-order valence-corrected chi connectivity index (χ3v) is 2.85. The molecule has 7 heteroatoms. The Labute approximate surface area is 121 Å². The molecule has 1 aromatic heterocycles. The van der Waals surface area contributed by atoms with Gasteiger partial charge in [0.2, 0.25) is 5.88 Å². The summed E-state index contributed by atoms with van der Waals surface area (Å²) in [6.07, 6.45) is 1.61. The van der Waals surface area contributed by atoms with Crippen LogP contribution >= 0.6 is 0 Å². The van der Waals surface area contributed by atoms with Gasteiger partial charge in [0.1, 0.15) is 5.75 Å². The van der Waals surface area contributed by atoms with Crippen molar-refractivity contribution in [1.82, 2.24) is 4.98 Å². The third-order valence-electron chi connectivity index (χ3n) is 2.85. The molecule has 0 spiro atoms. The van der Waals surface area contributed by atoms with Gasteiger partial charge in [-0.2, -0.15) is 0 Å². The molecule has 0 aliphatic heterocycles. The molecule has 1 heterocycles. The van der Waals surface area contributed by atoms with Gasteiger partial charge >= 0.3 is 5.69 Å². The maximum atomic E-state index is 10.9. The summed E-state index contributed by atoms with van der Waals surface area (Å²) >= 11 is 0. The molecule has 2 aromatic rings. The molecular weight excluding hydrogens is 274 g/mol. The summed E-state index contributed by atoms with van der Waals surface area (Å²) in [5, 5.41) is 10.9. The molecule has 1 aromatic carbocycles. The average molecular weight is 289 g/mol. The first-order valence-electron chi connectivity index (χ1n) is 6.23. The van der Waals surface area contributed by atoms with Gasteiger partial charge in [-0.25, -0.2) is 4.98 Å². The number of aromatic nitrogens is 1. The van der Waals surface area contributed by atoms with Crippen LogP contribution in [0, 0.1) is 10.1 Å². The van der Waals surface area contributed by atoms with Crippen LogP contribution in [0.5, 0.6) is 17.4 Å². The van der Waals surface area contributed by atoms with E-state index in [9.17, 15) is 10.1 Å². The molecule has 110 valence electrons. The Bertz CT molecular complexity index is 641. The van der Waals surface area contributed by atoms with E-state index in [1.807, 2.05) is 6.92 Å². The number of nitrogens with two attached hydrogens (primary N) is 1. The molecule has 0 saturated carbocycles. The highest BCUT2D eigenvalue weighted by atomic mass is 16.6. The lowest BCUT2D eigenvalue weighted by Gasteiger charge is -2.08. The SMILES string of the molecule is COc1ccc(Oc2ccc([C@@H](C)N)cn2)cc1[N+](=O)[O-]. The lowest BCUT2D eigenvalue weighted by molar-refractivity contribution is -0.385. The van der Waals surface area contributed by atoms with Crippen molar-refractivity contribution in [3.05, 3.63) is 52.2 Å². The van der Waals surface area contributed by atoms with Gasteiger partial charge in [-0.1, -0.05) is 6.07 Å². The van der Waals surface area contributed by atoms with Crippen LogP contribution in [0.15, 0.2) is 36.5 Å². The quantitative estimate of drug-likeness (QED) is 0.671. The zero-order chi connectivity index (χ0) is 15.4. The number of rotatable bonds is 5. The van der Waals surface area contributed by atoms with E-state index < -0.39 is 4.92 Å². The van der Waals surface area contributed by atoms with Crippen molar-refractivity contribution in [1.29, 1.82) is 0 Å². The van der Waals surface area contributed by atoms with Gasteiger partial charge in [-0.15, -0.1) is 0 Å². The van der Waals surface area contributed by atoms with Gasteiger partial charge in [-0.05, 0) is 24.6 Å². The molecule has 0 aliphatic rings. The van der Waals surface area contributed by atoms with Crippen molar-refractivity contribution in [2.24, 2.45) is 5.73 Å². The summed E-state index contributed by atoms with van der Waals surface area (Å²) in [5.74, 6) is 0.815. The summed E-state index contributed by atoms with van der Waals surface area (Å²) in [4.78, 5) is 14.5. The van der Waals surface area contributed by atoms with Crippen LogP contribution in [0.3, 0.4) is 0 Å². The second kappa shape index (κ2) is 6.19. The van der Waals surface area contributed by atoms with Crippen molar-refractivity contribution < 1.29 is 14.4 Å². The van der Waals surface area contributed by atoms with Crippen LogP contribution in [0.1, 0.15) is 18.5 Å². The highest BCUT2D eigenvalue weighted by molar-refractivity contribution is 5.51. The van der Waals surface area contributed by atoms with E-state index in [4.69, 9.17) is 15.2 Å². The number of ether oxygens (including phenoxy) is 2. The molecule has 0 bridgehead atoms. The van der Waals surface area contributed by atoms with Crippen molar-refractivity contribution in [3.8, 4) is 17.4 Å². The number of methoxy groups -OCH3 is 1. The molecular formula is C14H15N3O4. The lowest BCUT2D eigenvalue weighted by Crippen LogP contribution is -2.05. The molecule has 0 amide bonds. The van der Waals surface area contributed by atoms with E-state index in [0.717, 1.165) is 5.56 Å². The molecule has 0 radical (unpaired) electrons. The second-order valence-electron chi connectivity index (χ2n) is 4.41. The van der Waals surface area contributed by atoms with Gasteiger partial charge in [0, 0.05) is 18.3 Å². The topological polar surface area (TPSA) is 101 Å². The number of hydrogen-bond acceptors (Lipinski definition) is 6. The Kier molecular flexibility index (Phi) is 4.34. The van der Waals surface area contributed by atoms with Crippen molar-refractivity contribution in [2.75, 3.05) is 7.11 Å². The lowest BCUT2D eigenvalue weighted by atomic mass is 10.2. The van der Waals surface area contributed by atoms with Crippen LogP contribution in [0.4, 0.5) is 5.69 Å². The average Bonchev–Trinajstić information content (AvgIpc) is 2.47. The van der Waals surface area contributed by atoms with E-state index in [1.165, 1.54) is 19.2 Å². The third kappa shape index (κ3) is 3.46. The van der Waals surface area contributed by atoms with Crippen LogP contribution in [0.2, 0.25) is 0 Å². The predicted octanol–water partition coefficient (Wildman–Crippen LogP) is 2.81. The number of hydrogen-bond donors (Lipinski definition) is 1. The normalized spacial score (nSPS) is 11.8. The molecule has 0 unspecified atom stereocenters. The minimum atomic E-state index is -0.529. The number of pyridine rings is 1. The van der Waals surface area contributed by atoms with Crippen molar-refractivity contribution >= 4 is 5.69 Å². The van der Waals surface area contributed by atoms with Gasteiger partial charge in [0.25, 0.3) is 0 Å². The molecule has 0 saturated heterocycles. The Balaban J connectivity index is 2.23. The van der Waals surface area contributed by atoms with Gasteiger partial charge in [0.15, 0.2) is 5.75 Å². The fraction of sp³-hybridized carbons (Fsp3) is 0.214.